The van der Waals surface area contributed by atoms with E-state index in [0.29, 0.717) is 19.6 Å². The summed E-state index contributed by atoms with van der Waals surface area (Å²) >= 11 is 0. The van der Waals surface area contributed by atoms with Gasteiger partial charge in [0.05, 0.1) is 6.61 Å². The van der Waals surface area contributed by atoms with Crippen LogP contribution in [0.25, 0.3) is 0 Å². The molecule has 0 saturated carbocycles. The first-order valence-corrected chi connectivity index (χ1v) is 7.06. The molecule has 1 aromatic rings. The minimum atomic E-state index is -0.304. The molecule has 1 N–H and O–H groups in total. The molecule has 5 nitrogen and oxygen atoms in total. The number of fused-ring (bicyclic) bond motifs is 1. The number of amides is 1. The molecular weight excluding hydrogens is 256 g/mol. The van der Waals surface area contributed by atoms with Gasteiger partial charge in [-0.1, -0.05) is 0 Å². The van der Waals surface area contributed by atoms with Crippen molar-refractivity contribution in [1.29, 1.82) is 0 Å². The van der Waals surface area contributed by atoms with Gasteiger partial charge in [-0.05, 0) is 32.8 Å². The zero-order valence-corrected chi connectivity index (χ0v) is 12.4. The number of ketones is 1. The van der Waals surface area contributed by atoms with Crippen LogP contribution >= 0.6 is 0 Å². The van der Waals surface area contributed by atoms with Gasteiger partial charge in [-0.2, -0.15) is 0 Å². The number of rotatable bonds is 5. The lowest BCUT2D eigenvalue weighted by molar-refractivity contribution is -0.124. The third kappa shape index (κ3) is 2.77. The van der Waals surface area contributed by atoms with Gasteiger partial charge >= 0.3 is 0 Å². The Hall–Kier alpha value is -1.62. The molecule has 5 heteroatoms. The van der Waals surface area contributed by atoms with Gasteiger partial charge in [-0.15, -0.1) is 0 Å². The topological polar surface area (TPSA) is 60.3 Å². The predicted molar refractivity (Wildman–Crippen MR) is 76.0 cm³/mol. The van der Waals surface area contributed by atoms with Crippen LogP contribution in [0.3, 0.4) is 0 Å². The number of carbonyl (C=O) groups is 2. The minimum absolute atomic E-state index is 0.0402. The Balaban J connectivity index is 2.20. The molecule has 1 aliphatic rings. The molecule has 0 saturated heterocycles. The van der Waals surface area contributed by atoms with E-state index in [-0.39, 0.29) is 17.7 Å². The van der Waals surface area contributed by atoms with Gasteiger partial charge in [0.15, 0.2) is 5.78 Å². The fraction of sp³-hybridized carbons (Fsp3) is 0.600. The lowest BCUT2D eigenvalue weighted by Gasteiger charge is -2.21. The molecule has 1 aliphatic carbocycles. The maximum absolute atomic E-state index is 12.2. The van der Waals surface area contributed by atoms with Crippen molar-refractivity contribution in [2.75, 3.05) is 20.3 Å². The summed E-state index contributed by atoms with van der Waals surface area (Å²) in [4.78, 5) is 24.1. The summed E-state index contributed by atoms with van der Waals surface area (Å²) in [6, 6.07) is 1.61. The molecule has 1 unspecified atom stereocenters. The molecule has 0 aliphatic heterocycles. The predicted octanol–water partition coefficient (Wildman–Crippen LogP) is 1.64. The molecule has 1 amide bonds. The number of carbonyl (C=O) groups excluding carboxylic acids is 2. The normalized spacial score (nSPS) is 15.8. The molecule has 1 atom stereocenters. The second-order valence-corrected chi connectivity index (χ2v) is 5.25. The Labute approximate surface area is 119 Å². The average molecular weight is 278 g/mol. The number of hydrogen-bond donors (Lipinski definition) is 1. The maximum atomic E-state index is 12.2. The summed E-state index contributed by atoms with van der Waals surface area (Å²) < 4.78 is 6.92. The molecular formula is C15H22N2O3. The van der Waals surface area contributed by atoms with Crippen molar-refractivity contribution < 1.29 is 14.3 Å². The minimum Gasteiger partial charge on any atom is -0.383 e. The number of nitrogens with one attached hydrogen (secondary N) is 1. The summed E-state index contributed by atoms with van der Waals surface area (Å²) in [5.74, 6) is 0.154. The summed E-state index contributed by atoms with van der Waals surface area (Å²) in [6.07, 6.45) is 2.35. The van der Waals surface area contributed by atoms with Crippen molar-refractivity contribution in [1.82, 2.24) is 9.88 Å². The van der Waals surface area contributed by atoms with Crippen LogP contribution in [-0.4, -0.2) is 36.5 Å². The number of ether oxygens (including phenoxy) is 1. The Kier molecular flexibility index (Phi) is 4.60. The van der Waals surface area contributed by atoms with Gasteiger partial charge in [-0.25, -0.2) is 0 Å². The van der Waals surface area contributed by atoms with Gasteiger partial charge in [0.25, 0.3) is 0 Å². The number of aromatic nitrogens is 1. The van der Waals surface area contributed by atoms with E-state index in [4.69, 9.17) is 4.74 Å². The third-order valence-corrected chi connectivity index (χ3v) is 3.82. The number of aryl methyl sites for hydroxylation is 1. The molecule has 1 aromatic heterocycles. The number of nitrogens with zero attached hydrogens (tertiary/aromatic N) is 1. The Bertz CT molecular complexity index is 519. The SMILES string of the molecule is COCCNC(=O)C(C)n1c(C)cc2c1CCCC2=O. The summed E-state index contributed by atoms with van der Waals surface area (Å²) in [6.45, 7) is 4.82. The lowest BCUT2D eigenvalue weighted by atomic mass is 9.96. The number of Topliss-reactive ketones (excluding diaryl/α,β-unsaturated/α-hetero) is 1. The number of methoxy groups -OCH3 is 1. The van der Waals surface area contributed by atoms with E-state index in [1.807, 2.05) is 24.5 Å². The summed E-state index contributed by atoms with van der Waals surface area (Å²) in [5, 5.41) is 2.85. The van der Waals surface area contributed by atoms with Gasteiger partial charge in [0.2, 0.25) is 5.91 Å². The standard InChI is InChI=1S/C15H22N2O3/c1-10-9-12-13(5-4-6-14(12)18)17(10)11(2)15(19)16-7-8-20-3/h9,11H,4-8H2,1-3H3,(H,16,19). The van der Waals surface area contributed by atoms with Crippen LogP contribution in [-0.2, 0) is 16.0 Å². The van der Waals surface area contributed by atoms with E-state index in [0.717, 1.165) is 29.8 Å². The quantitative estimate of drug-likeness (QED) is 0.833. The van der Waals surface area contributed by atoms with Gasteiger partial charge in [-0.3, -0.25) is 9.59 Å². The van der Waals surface area contributed by atoms with Crippen molar-refractivity contribution in [2.45, 2.75) is 39.2 Å². The van der Waals surface area contributed by atoms with Crippen LogP contribution in [0.2, 0.25) is 0 Å². The highest BCUT2D eigenvalue weighted by Gasteiger charge is 2.26. The van der Waals surface area contributed by atoms with Gasteiger partial charge in [0.1, 0.15) is 6.04 Å². The van der Waals surface area contributed by atoms with Gasteiger partial charge < -0.3 is 14.6 Å². The molecule has 20 heavy (non-hydrogen) atoms. The molecule has 0 aromatic carbocycles. The van der Waals surface area contributed by atoms with Gasteiger partial charge in [0, 0.05) is 37.0 Å². The highest BCUT2D eigenvalue weighted by molar-refractivity contribution is 5.98. The van der Waals surface area contributed by atoms with Crippen LogP contribution in [0.5, 0.6) is 0 Å². The van der Waals surface area contributed by atoms with Crippen molar-refractivity contribution >= 4 is 11.7 Å². The molecule has 0 bridgehead atoms. The smallest absolute Gasteiger partial charge is 0.242 e. The molecule has 110 valence electrons. The van der Waals surface area contributed by atoms with E-state index in [9.17, 15) is 9.59 Å². The Morgan fingerprint density at radius 1 is 1.50 bits per heavy atom. The van der Waals surface area contributed by atoms with Crippen molar-refractivity contribution in [3.05, 3.63) is 23.0 Å². The van der Waals surface area contributed by atoms with Crippen molar-refractivity contribution in [3.8, 4) is 0 Å². The van der Waals surface area contributed by atoms with Crippen LogP contribution < -0.4 is 5.32 Å². The zero-order valence-electron chi connectivity index (χ0n) is 12.4. The zero-order chi connectivity index (χ0) is 14.7. The van der Waals surface area contributed by atoms with E-state index in [1.165, 1.54) is 0 Å². The van der Waals surface area contributed by atoms with E-state index >= 15 is 0 Å². The fourth-order valence-corrected chi connectivity index (χ4v) is 2.83. The molecule has 0 fully saturated rings. The maximum Gasteiger partial charge on any atom is 0.242 e. The van der Waals surface area contributed by atoms with Crippen LogP contribution in [0, 0.1) is 6.92 Å². The van der Waals surface area contributed by atoms with Crippen molar-refractivity contribution in [2.24, 2.45) is 0 Å². The lowest BCUT2D eigenvalue weighted by Crippen LogP contribution is -2.34. The molecule has 2 rings (SSSR count). The van der Waals surface area contributed by atoms with Crippen LogP contribution in [0.1, 0.15) is 47.6 Å². The summed E-state index contributed by atoms with van der Waals surface area (Å²) in [5.41, 5.74) is 2.78. The van der Waals surface area contributed by atoms with E-state index in [1.54, 1.807) is 7.11 Å². The monoisotopic (exact) mass is 278 g/mol. The molecule has 0 radical (unpaired) electrons. The van der Waals surface area contributed by atoms with E-state index in [2.05, 4.69) is 5.32 Å². The first-order valence-electron chi connectivity index (χ1n) is 7.06. The Morgan fingerprint density at radius 3 is 2.95 bits per heavy atom. The second kappa shape index (κ2) is 6.22. The second-order valence-electron chi connectivity index (χ2n) is 5.25. The van der Waals surface area contributed by atoms with E-state index < -0.39 is 0 Å². The Morgan fingerprint density at radius 2 is 2.25 bits per heavy atom. The largest absolute Gasteiger partial charge is 0.383 e. The molecule has 0 spiro atoms. The van der Waals surface area contributed by atoms with Crippen LogP contribution in [0.15, 0.2) is 6.07 Å². The van der Waals surface area contributed by atoms with Crippen molar-refractivity contribution in [3.63, 3.8) is 0 Å². The molecule has 1 heterocycles. The first kappa shape index (κ1) is 14.8. The fourth-order valence-electron chi connectivity index (χ4n) is 2.83. The third-order valence-electron chi connectivity index (χ3n) is 3.82. The summed E-state index contributed by atoms with van der Waals surface area (Å²) in [7, 11) is 1.60. The highest BCUT2D eigenvalue weighted by Crippen LogP contribution is 2.27. The average Bonchev–Trinajstić information content (AvgIpc) is 2.76. The van der Waals surface area contributed by atoms with Crippen LogP contribution in [0.4, 0.5) is 0 Å². The first-order chi connectivity index (χ1) is 9.56. The number of hydrogen-bond acceptors (Lipinski definition) is 3. The highest BCUT2D eigenvalue weighted by atomic mass is 16.5.